The second-order valence-corrected chi connectivity index (χ2v) is 20.5. The summed E-state index contributed by atoms with van der Waals surface area (Å²) in [6.07, 6.45) is 9.77. The predicted molar refractivity (Wildman–Crippen MR) is 260 cm³/mol. The first kappa shape index (κ1) is 45.6. The van der Waals surface area contributed by atoms with Crippen molar-refractivity contribution in [2.75, 3.05) is 68.8 Å². The van der Waals surface area contributed by atoms with E-state index in [1.165, 1.54) is 0 Å². The number of rotatable bonds is 9. The molecular weight excluding hydrogens is 911 g/mol. The summed E-state index contributed by atoms with van der Waals surface area (Å²) in [6.45, 7) is 8.68. The molecular formula is C53H58F2N10O6. The molecule has 5 amide bonds. The smallest absolute Gasteiger partial charge is 0.264 e. The van der Waals surface area contributed by atoms with Gasteiger partial charge >= 0.3 is 0 Å². The molecule has 0 aliphatic carbocycles. The van der Waals surface area contributed by atoms with Gasteiger partial charge in [-0.2, -0.15) is 5.10 Å². The number of nitrogens with zero attached hydrogens (tertiary/aromatic N) is 9. The molecule has 2 atom stereocenters. The van der Waals surface area contributed by atoms with Gasteiger partial charge in [-0.15, -0.1) is 0 Å². The van der Waals surface area contributed by atoms with Crippen LogP contribution in [0.25, 0.3) is 22.0 Å². The number of fused-ring (bicyclic) bond motifs is 4. The first-order valence-electron chi connectivity index (χ1n) is 25.4. The average molecular weight is 969 g/mol. The molecule has 7 aliphatic heterocycles. The van der Waals surface area contributed by atoms with Crippen LogP contribution in [-0.2, 0) is 38.5 Å². The van der Waals surface area contributed by atoms with Crippen LogP contribution < -0.4 is 15.1 Å². The number of nitrogens with one attached hydrogen (secondary N) is 1. The summed E-state index contributed by atoms with van der Waals surface area (Å²) in [5.41, 5.74) is 7.41. The van der Waals surface area contributed by atoms with E-state index in [1.54, 1.807) is 37.5 Å². The highest BCUT2D eigenvalue weighted by Gasteiger charge is 2.46. The Morgan fingerprint density at radius 1 is 0.859 bits per heavy atom. The lowest BCUT2D eigenvalue weighted by Gasteiger charge is -2.36. The van der Waals surface area contributed by atoms with Crippen molar-refractivity contribution < 1.29 is 37.5 Å². The molecule has 0 saturated carbocycles. The lowest BCUT2D eigenvalue weighted by molar-refractivity contribution is -0.136. The zero-order valence-corrected chi connectivity index (χ0v) is 40.0. The van der Waals surface area contributed by atoms with Gasteiger partial charge in [-0.05, 0) is 98.7 Å². The number of likely N-dealkylation sites (tertiary alicyclic amines) is 1. The average Bonchev–Trinajstić information content (AvgIpc) is 4.16. The highest BCUT2D eigenvalue weighted by Crippen LogP contribution is 2.46. The number of benzene rings is 2. The number of pyridine rings is 1. The maximum atomic E-state index is 15.6. The fourth-order valence-electron chi connectivity index (χ4n) is 12.7. The number of aryl methyl sites for hydroxylation is 1. The van der Waals surface area contributed by atoms with Gasteiger partial charge in [-0.25, -0.2) is 8.78 Å². The Bertz CT molecular complexity index is 2990. The fourth-order valence-corrected chi connectivity index (χ4v) is 12.7. The summed E-state index contributed by atoms with van der Waals surface area (Å²) in [4.78, 5) is 78.7. The number of carbonyl (C=O) groups excluding carboxylic acids is 5. The van der Waals surface area contributed by atoms with Crippen molar-refractivity contribution in [2.45, 2.75) is 102 Å². The van der Waals surface area contributed by atoms with Crippen molar-refractivity contribution in [1.82, 2.24) is 39.3 Å². The van der Waals surface area contributed by atoms with Crippen LogP contribution in [0.15, 0.2) is 55.0 Å². The first-order valence-corrected chi connectivity index (χ1v) is 25.4. The van der Waals surface area contributed by atoms with Gasteiger partial charge in [0, 0.05) is 137 Å². The molecule has 3 aromatic heterocycles. The molecule has 1 N–H and O–H groups in total. The standard InChI is InChI=1S/C53H58F2N10O6/c1-31(66)61-21-13-43-41(29-61)50(58-65(43)34-14-22-71-23-15-34)62-17-3-4-33-24-37(38(49(54)55)25-46(33)62)40-30-63(42-9-16-56-26-39(40)42)35-12-18-59(28-35)27-32-10-19-60(20-11-32)44-6-2-5-36-48(44)53(70)64(52(36)69)45-7-8-47(67)57-51(45)68/h2,5-6,9,16,24-26,30,32,34-35,45,49H,3-4,7-8,10-15,17-23,27-29H2,1H3,(H,57,67,68). The maximum Gasteiger partial charge on any atom is 0.264 e. The number of imide groups is 2. The van der Waals surface area contributed by atoms with Crippen LogP contribution in [0, 0.1) is 5.92 Å². The molecule has 18 heteroatoms. The fraction of sp³-hybridized carbons (Fsp3) is 0.491. The van der Waals surface area contributed by atoms with Crippen molar-refractivity contribution in [1.29, 1.82) is 0 Å². The number of aromatic nitrogens is 4. The van der Waals surface area contributed by atoms with Crippen molar-refractivity contribution >= 4 is 57.6 Å². The third kappa shape index (κ3) is 7.97. The molecule has 2 unspecified atom stereocenters. The number of piperidine rings is 2. The summed E-state index contributed by atoms with van der Waals surface area (Å²) in [5, 5.41) is 8.39. The van der Waals surface area contributed by atoms with Crippen LogP contribution in [0.5, 0.6) is 0 Å². The van der Waals surface area contributed by atoms with Gasteiger partial charge in [0.05, 0.1) is 34.9 Å². The van der Waals surface area contributed by atoms with Gasteiger partial charge in [-0.3, -0.25) is 43.9 Å². The van der Waals surface area contributed by atoms with E-state index in [0.29, 0.717) is 75.1 Å². The van der Waals surface area contributed by atoms with E-state index >= 15 is 8.78 Å². The summed E-state index contributed by atoms with van der Waals surface area (Å²) >= 11 is 0. The first-order chi connectivity index (χ1) is 34.5. The van der Waals surface area contributed by atoms with Crippen LogP contribution in [0.2, 0.25) is 0 Å². The minimum atomic E-state index is -2.73. The zero-order chi connectivity index (χ0) is 48.7. The van der Waals surface area contributed by atoms with Crippen LogP contribution in [-0.4, -0.2) is 129 Å². The number of hydrogen-bond acceptors (Lipinski definition) is 11. The van der Waals surface area contributed by atoms with Gasteiger partial charge in [-0.1, -0.05) is 6.07 Å². The second kappa shape index (κ2) is 18.3. The molecule has 12 rings (SSSR count). The summed E-state index contributed by atoms with van der Waals surface area (Å²) in [5.74, 6) is -0.838. The Labute approximate surface area is 409 Å². The number of carbonyl (C=O) groups is 5. The van der Waals surface area contributed by atoms with Crippen molar-refractivity contribution in [3.63, 3.8) is 0 Å². The molecule has 0 spiro atoms. The highest BCUT2D eigenvalue weighted by atomic mass is 19.3. The molecule has 71 heavy (non-hydrogen) atoms. The third-order valence-electron chi connectivity index (χ3n) is 16.4. The molecule has 5 aromatic rings. The quantitative estimate of drug-likeness (QED) is 0.156. The third-order valence-corrected chi connectivity index (χ3v) is 16.4. The topological polar surface area (TPSA) is 158 Å². The molecule has 10 heterocycles. The highest BCUT2D eigenvalue weighted by molar-refractivity contribution is 6.25. The van der Waals surface area contributed by atoms with Gasteiger partial charge in [0.2, 0.25) is 17.7 Å². The summed E-state index contributed by atoms with van der Waals surface area (Å²) < 4.78 is 41.3. The molecule has 4 fully saturated rings. The molecule has 4 saturated heterocycles. The Kier molecular flexibility index (Phi) is 11.7. The minimum Gasteiger partial charge on any atom is -0.381 e. The number of ether oxygens (including phenoxy) is 1. The Morgan fingerprint density at radius 2 is 1.69 bits per heavy atom. The van der Waals surface area contributed by atoms with Crippen LogP contribution in [0.4, 0.5) is 26.0 Å². The summed E-state index contributed by atoms with van der Waals surface area (Å²) in [7, 11) is 0. The van der Waals surface area contributed by atoms with Gasteiger partial charge in [0.1, 0.15) is 6.04 Å². The van der Waals surface area contributed by atoms with Gasteiger partial charge in [0.15, 0.2) is 5.82 Å². The maximum absolute atomic E-state index is 15.6. The molecule has 0 radical (unpaired) electrons. The molecule has 7 aliphatic rings. The number of amides is 5. The lowest BCUT2D eigenvalue weighted by atomic mass is 9.91. The molecule has 2 aromatic carbocycles. The van der Waals surface area contributed by atoms with E-state index in [9.17, 15) is 24.0 Å². The Hall–Kier alpha value is -6.53. The molecule has 0 bridgehead atoms. The van der Waals surface area contributed by atoms with Crippen molar-refractivity contribution in [3.05, 3.63) is 88.5 Å². The monoisotopic (exact) mass is 968 g/mol. The number of hydrogen-bond donors (Lipinski definition) is 1. The molecule has 370 valence electrons. The Balaban J connectivity index is 0.768. The van der Waals surface area contributed by atoms with E-state index in [1.807, 2.05) is 23.1 Å². The van der Waals surface area contributed by atoms with Gasteiger partial charge in [0.25, 0.3) is 18.2 Å². The van der Waals surface area contributed by atoms with Crippen LogP contribution in [0.3, 0.4) is 0 Å². The normalized spacial score (nSPS) is 22.5. The van der Waals surface area contributed by atoms with E-state index < -0.39 is 36.1 Å². The van der Waals surface area contributed by atoms with Crippen molar-refractivity contribution in [3.8, 4) is 11.1 Å². The Morgan fingerprint density at radius 3 is 2.48 bits per heavy atom. The van der Waals surface area contributed by atoms with Gasteiger partial charge < -0.3 is 28.9 Å². The molecule has 16 nitrogen and oxygen atoms in total. The summed E-state index contributed by atoms with van der Waals surface area (Å²) in [6, 6.07) is 10.3. The minimum absolute atomic E-state index is 0.0111. The number of anilines is 3. The second-order valence-electron chi connectivity index (χ2n) is 20.5. The lowest BCUT2D eigenvalue weighted by Crippen LogP contribution is -2.54. The van der Waals surface area contributed by atoms with Crippen molar-refractivity contribution in [2.24, 2.45) is 5.92 Å². The number of halogens is 2. The van der Waals surface area contributed by atoms with E-state index in [2.05, 4.69) is 40.4 Å². The number of alkyl halides is 2. The largest absolute Gasteiger partial charge is 0.381 e. The zero-order valence-electron chi connectivity index (χ0n) is 40.0. The van der Waals surface area contributed by atoms with E-state index in [-0.39, 0.29) is 42.0 Å². The van der Waals surface area contributed by atoms with Crippen LogP contribution >= 0.6 is 0 Å². The van der Waals surface area contributed by atoms with Crippen LogP contribution in [0.1, 0.15) is 120 Å². The predicted octanol–water partition coefficient (Wildman–Crippen LogP) is 6.74. The SMILES string of the molecule is CC(=O)N1CCc2c(c(N3CCCc4cc(-c5cn(C6CCN(CC7CCN(c8cccc9c8C(=O)N(C8CCC(=O)NC8=O)C9=O)CC7)C6)c6ccncc56)c(C(F)F)cc43)nn2C2CCOCC2)C1. The van der Waals surface area contributed by atoms with E-state index in [4.69, 9.17) is 9.84 Å². The van der Waals surface area contributed by atoms with E-state index in [0.717, 1.165) is 114 Å².